The first-order chi connectivity index (χ1) is 10.4. The molecule has 0 heterocycles. The van der Waals surface area contributed by atoms with Gasteiger partial charge in [0, 0.05) is 11.4 Å². The van der Waals surface area contributed by atoms with Gasteiger partial charge >= 0.3 is 0 Å². The molecule has 4 N–H and O–H groups in total. The summed E-state index contributed by atoms with van der Waals surface area (Å²) in [5, 5.41) is 11.4. The third-order valence-corrected chi connectivity index (χ3v) is 3.92. The molecule has 8 heteroatoms. The van der Waals surface area contributed by atoms with Gasteiger partial charge in [-0.3, -0.25) is 0 Å². The fraction of sp³-hybridized carbons (Fsp3) is 0.0714. The number of hydrogen-bond donors (Lipinski definition) is 3. The maximum atomic E-state index is 11.2. The van der Waals surface area contributed by atoms with Gasteiger partial charge in [0.25, 0.3) is 0 Å². The highest BCUT2D eigenvalue weighted by Gasteiger charge is 2.07. The Morgan fingerprint density at radius 2 is 1.45 bits per heavy atom. The molecule has 0 bridgehead atoms. The summed E-state index contributed by atoms with van der Waals surface area (Å²) < 4.78 is 27.4. The summed E-state index contributed by atoms with van der Waals surface area (Å²) in [5.74, 6) is 0.753. The molecule has 0 amide bonds. The van der Waals surface area contributed by atoms with Gasteiger partial charge in [-0.25, -0.2) is 13.6 Å². The number of hydrogen-bond acceptors (Lipinski definition) is 4. The molecule has 0 saturated heterocycles. The monoisotopic (exact) mass is 337 g/mol. The topological polar surface area (TPSA) is 93.4 Å². The predicted molar refractivity (Wildman–Crippen MR) is 90.7 cm³/mol. The average molecular weight is 337 g/mol. The second-order valence-electron chi connectivity index (χ2n) is 4.38. The summed E-state index contributed by atoms with van der Waals surface area (Å²) >= 11 is 5.19. The third-order valence-electron chi connectivity index (χ3n) is 2.79. The van der Waals surface area contributed by atoms with E-state index in [2.05, 4.69) is 10.6 Å². The third kappa shape index (κ3) is 4.42. The minimum atomic E-state index is -3.69. The number of nitrogens with two attached hydrogens (primary N) is 1. The molecule has 0 spiro atoms. The van der Waals surface area contributed by atoms with Crippen LogP contribution in [-0.4, -0.2) is 20.6 Å². The van der Waals surface area contributed by atoms with E-state index in [1.54, 1.807) is 19.2 Å². The van der Waals surface area contributed by atoms with E-state index in [-0.39, 0.29) is 4.90 Å². The molecule has 0 atom stereocenters. The number of nitrogens with one attached hydrogen (secondary N) is 2. The summed E-state index contributed by atoms with van der Waals surface area (Å²) in [7, 11) is -2.09. The van der Waals surface area contributed by atoms with E-state index in [1.165, 1.54) is 12.1 Å². The number of anilines is 2. The molecule has 116 valence electrons. The van der Waals surface area contributed by atoms with Crippen molar-refractivity contribution in [1.29, 1.82) is 0 Å². The van der Waals surface area contributed by atoms with Crippen molar-refractivity contribution in [2.75, 3.05) is 17.7 Å². The first kappa shape index (κ1) is 16.2. The number of sulfonamides is 1. The van der Waals surface area contributed by atoms with Crippen molar-refractivity contribution in [3.05, 3.63) is 48.5 Å². The molecule has 0 radical (unpaired) electrons. The van der Waals surface area contributed by atoms with E-state index in [4.69, 9.17) is 22.1 Å². The molecule has 0 aliphatic rings. The van der Waals surface area contributed by atoms with Crippen LogP contribution in [0.15, 0.2) is 53.4 Å². The molecule has 6 nitrogen and oxygen atoms in total. The molecule has 2 rings (SSSR count). The van der Waals surface area contributed by atoms with Crippen molar-refractivity contribution < 1.29 is 13.2 Å². The first-order valence-corrected chi connectivity index (χ1v) is 8.19. The van der Waals surface area contributed by atoms with Crippen LogP contribution in [0.25, 0.3) is 0 Å². The van der Waals surface area contributed by atoms with E-state index in [9.17, 15) is 8.42 Å². The smallest absolute Gasteiger partial charge is 0.238 e. The van der Waals surface area contributed by atoms with Crippen molar-refractivity contribution >= 4 is 38.7 Å². The van der Waals surface area contributed by atoms with Gasteiger partial charge in [0.05, 0.1) is 12.0 Å². The lowest BCUT2D eigenvalue weighted by atomic mass is 10.3. The standard InChI is InChI=1S/C14H15N3O3S2/c1-20-12-6-2-10(3-7-12)16-14(21)17-11-4-8-13(9-5-11)22(15,18)19/h2-9H,1H3,(H2,15,18,19)(H2,16,17,21). The van der Waals surface area contributed by atoms with Crippen molar-refractivity contribution in [2.45, 2.75) is 4.90 Å². The Labute approximate surface area is 134 Å². The maximum absolute atomic E-state index is 11.2. The van der Waals surface area contributed by atoms with Crippen molar-refractivity contribution in [2.24, 2.45) is 5.14 Å². The van der Waals surface area contributed by atoms with Crippen molar-refractivity contribution in [3.63, 3.8) is 0 Å². The van der Waals surface area contributed by atoms with Gasteiger partial charge in [-0.1, -0.05) is 0 Å². The van der Waals surface area contributed by atoms with Crippen LogP contribution in [-0.2, 0) is 10.0 Å². The second-order valence-corrected chi connectivity index (χ2v) is 6.35. The first-order valence-electron chi connectivity index (χ1n) is 6.23. The lowest BCUT2D eigenvalue weighted by Crippen LogP contribution is -2.19. The molecular formula is C14H15N3O3S2. The molecular weight excluding hydrogens is 322 g/mol. The average Bonchev–Trinajstić information content (AvgIpc) is 2.47. The van der Waals surface area contributed by atoms with Crippen LogP contribution >= 0.6 is 12.2 Å². The minimum Gasteiger partial charge on any atom is -0.497 e. The van der Waals surface area contributed by atoms with Crippen LogP contribution in [0.3, 0.4) is 0 Å². The summed E-state index contributed by atoms with van der Waals surface area (Å²) in [4.78, 5) is 0.0482. The lowest BCUT2D eigenvalue weighted by Gasteiger charge is -2.11. The van der Waals surface area contributed by atoms with Crippen LogP contribution in [0.5, 0.6) is 5.75 Å². The molecule has 0 unspecified atom stereocenters. The summed E-state index contributed by atoms with van der Waals surface area (Å²) in [6.45, 7) is 0. The van der Waals surface area contributed by atoms with E-state index >= 15 is 0 Å². The molecule has 0 aromatic heterocycles. The zero-order valence-corrected chi connectivity index (χ0v) is 13.4. The molecule has 22 heavy (non-hydrogen) atoms. The molecule has 0 saturated carbocycles. The number of rotatable bonds is 4. The Balaban J connectivity index is 1.99. The zero-order valence-electron chi connectivity index (χ0n) is 11.7. The van der Waals surface area contributed by atoms with Gasteiger partial charge in [0.2, 0.25) is 10.0 Å². The Kier molecular flexibility index (Phi) is 4.96. The highest BCUT2D eigenvalue weighted by Crippen LogP contribution is 2.16. The van der Waals surface area contributed by atoms with Crippen molar-refractivity contribution in [3.8, 4) is 5.75 Å². The quantitative estimate of drug-likeness (QED) is 0.740. The summed E-state index contributed by atoms with van der Waals surface area (Å²) in [6.07, 6.45) is 0. The zero-order chi connectivity index (χ0) is 16.2. The highest BCUT2D eigenvalue weighted by molar-refractivity contribution is 7.89. The van der Waals surface area contributed by atoms with E-state index in [1.807, 2.05) is 24.3 Å². The Morgan fingerprint density at radius 1 is 1.00 bits per heavy atom. The number of ether oxygens (including phenoxy) is 1. The van der Waals surface area contributed by atoms with E-state index in [0.29, 0.717) is 10.8 Å². The largest absolute Gasteiger partial charge is 0.497 e. The predicted octanol–water partition coefficient (Wildman–Crippen LogP) is 2.15. The van der Waals surface area contributed by atoms with Crippen LogP contribution in [0, 0.1) is 0 Å². The molecule has 2 aromatic carbocycles. The fourth-order valence-electron chi connectivity index (χ4n) is 1.70. The van der Waals surface area contributed by atoms with E-state index in [0.717, 1.165) is 11.4 Å². The Morgan fingerprint density at radius 3 is 1.86 bits per heavy atom. The van der Waals surface area contributed by atoms with Crippen LogP contribution in [0.2, 0.25) is 0 Å². The van der Waals surface area contributed by atoms with Gasteiger partial charge in [-0.2, -0.15) is 0 Å². The number of benzene rings is 2. The van der Waals surface area contributed by atoms with Crippen LogP contribution < -0.4 is 20.5 Å². The van der Waals surface area contributed by atoms with Crippen LogP contribution in [0.4, 0.5) is 11.4 Å². The SMILES string of the molecule is COc1ccc(NC(=S)Nc2ccc(S(N)(=O)=O)cc2)cc1. The van der Waals surface area contributed by atoms with Gasteiger partial charge in [-0.05, 0) is 60.7 Å². The molecule has 0 aliphatic heterocycles. The second kappa shape index (κ2) is 6.73. The Bertz CT molecular complexity index is 757. The van der Waals surface area contributed by atoms with Gasteiger partial charge in [0.1, 0.15) is 5.75 Å². The maximum Gasteiger partial charge on any atom is 0.238 e. The molecule has 0 aliphatic carbocycles. The molecule has 0 fully saturated rings. The van der Waals surface area contributed by atoms with Crippen molar-refractivity contribution in [1.82, 2.24) is 0 Å². The number of thiocarbonyl (C=S) groups is 1. The number of primary sulfonamides is 1. The van der Waals surface area contributed by atoms with Gasteiger partial charge < -0.3 is 15.4 Å². The van der Waals surface area contributed by atoms with E-state index < -0.39 is 10.0 Å². The fourth-order valence-corrected chi connectivity index (χ4v) is 2.45. The lowest BCUT2D eigenvalue weighted by molar-refractivity contribution is 0.415. The van der Waals surface area contributed by atoms with Gasteiger partial charge in [0.15, 0.2) is 5.11 Å². The van der Waals surface area contributed by atoms with Gasteiger partial charge in [-0.15, -0.1) is 0 Å². The minimum absolute atomic E-state index is 0.0482. The Hall–Kier alpha value is -2.16. The summed E-state index contributed by atoms with van der Waals surface area (Å²) in [6, 6.07) is 13.3. The number of methoxy groups -OCH3 is 1. The summed E-state index contributed by atoms with van der Waals surface area (Å²) in [5.41, 5.74) is 1.46. The normalized spacial score (nSPS) is 10.8. The highest BCUT2D eigenvalue weighted by atomic mass is 32.2. The van der Waals surface area contributed by atoms with Crippen LogP contribution in [0.1, 0.15) is 0 Å². The molecule has 2 aromatic rings.